The van der Waals surface area contributed by atoms with Crippen molar-refractivity contribution in [3.63, 3.8) is 0 Å². The molecular formula is C61H100O6. The Hall–Kier alpha value is -3.93. The second kappa shape index (κ2) is 54.7. The van der Waals surface area contributed by atoms with E-state index in [2.05, 4.69) is 118 Å². The lowest BCUT2D eigenvalue weighted by Crippen LogP contribution is -2.30. The van der Waals surface area contributed by atoms with Crippen LogP contribution < -0.4 is 0 Å². The van der Waals surface area contributed by atoms with E-state index in [1.165, 1.54) is 103 Å². The Bertz CT molecular complexity index is 1390. The highest BCUT2D eigenvalue weighted by molar-refractivity contribution is 5.71. The van der Waals surface area contributed by atoms with Crippen LogP contribution in [0.5, 0.6) is 0 Å². The highest BCUT2D eigenvalue weighted by Crippen LogP contribution is 2.15. The molecule has 6 nitrogen and oxygen atoms in total. The molecule has 0 spiro atoms. The lowest BCUT2D eigenvalue weighted by Gasteiger charge is -2.18. The van der Waals surface area contributed by atoms with Gasteiger partial charge in [-0.05, 0) is 96.3 Å². The molecule has 6 heteroatoms. The summed E-state index contributed by atoms with van der Waals surface area (Å²) >= 11 is 0. The first-order valence-corrected chi connectivity index (χ1v) is 27.4. The second-order valence-corrected chi connectivity index (χ2v) is 17.8. The minimum atomic E-state index is -0.835. The van der Waals surface area contributed by atoms with Crippen LogP contribution in [0.4, 0.5) is 0 Å². The molecule has 1 atom stereocenters. The van der Waals surface area contributed by atoms with Gasteiger partial charge in [0.15, 0.2) is 6.10 Å². The Kier molecular flexibility index (Phi) is 51.5. The average Bonchev–Trinajstić information content (AvgIpc) is 3.33. The molecule has 0 fully saturated rings. The van der Waals surface area contributed by atoms with Crippen LogP contribution in [0.25, 0.3) is 0 Å². The highest BCUT2D eigenvalue weighted by atomic mass is 16.6. The average molecular weight is 929 g/mol. The molecule has 0 heterocycles. The van der Waals surface area contributed by atoms with Crippen LogP contribution in [-0.2, 0) is 28.6 Å². The third-order valence-corrected chi connectivity index (χ3v) is 11.3. The van der Waals surface area contributed by atoms with Gasteiger partial charge in [0.05, 0.1) is 0 Å². The fraction of sp³-hybridized carbons (Fsp3) is 0.656. The van der Waals surface area contributed by atoms with Gasteiger partial charge in [0.2, 0.25) is 0 Å². The fourth-order valence-corrected chi connectivity index (χ4v) is 7.18. The normalized spacial score (nSPS) is 12.9. The maximum Gasteiger partial charge on any atom is 0.306 e. The summed E-state index contributed by atoms with van der Waals surface area (Å²) in [6, 6.07) is 0. The number of hydrogen-bond donors (Lipinski definition) is 0. The van der Waals surface area contributed by atoms with Crippen LogP contribution in [0.15, 0.2) is 109 Å². The van der Waals surface area contributed by atoms with E-state index in [9.17, 15) is 14.4 Å². The molecule has 0 saturated carbocycles. The lowest BCUT2D eigenvalue weighted by atomic mass is 10.0. The lowest BCUT2D eigenvalue weighted by molar-refractivity contribution is -0.166. The summed E-state index contributed by atoms with van der Waals surface area (Å²) in [5.74, 6) is -1.05. The Morgan fingerprint density at radius 2 is 0.612 bits per heavy atom. The Morgan fingerprint density at radius 1 is 0.313 bits per heavy atom. The van der Waals surface area contributed by atoms with Crippen molar-refractivity contribution >= 4 is 17.9 Å². The molecule has 0 N–H and O–H groups in total. The first-order valence-electron chi connectivity index (χ1n) is 27.4. The number of carbonyl (C=O) groups excluding carboxylic acids is 3. The van der Waals surface area contributed by atoms with E-state index in [1.807, 2.05) is 12.2 Å². The summed E-state index contributed by atoms with van der Waals surface area (Å²) in [6.45, 7) is 6.40. The van der Waals surface area contributed by atoms with Gasteiger partial charge in [-0.2, -0.15) is 0 Å². The number of rotatable bonds is 48. The predicted molar refractivity (Wildman–Crippen MR) is 288 cm³/mol. The molecule has 0 bridgehead atoms. The minimum Gasteiger partial charge on any atom is -0.462 e. The number of carbonyl (C=O) groups is 3. The van der Waals surface area contributed by atoms with Gasteiger partial charge >= 0.3 is 17.9 Å². The van der Waals surface area contributed by atoms with Crippen LogP contribution >= 0.6 is 0 Å². The highest BCUT2D eigenvalue weighted by Gasteiger charge is 2.19. The van der Waals surface area contributed by atoms with Crippen molar-refractivity contribution in [2.75, 3.05) is 13.2 Å². The number of ether oxygens (including phenoxy) is 3. The molecule has 0 radical (unpaired) electrons. The zero-order chi connectivity index (χ0) is 48.6. The van der Waals surface area contributed by atoms with Crippen molar-refractivity contribution in [1.29, 1.82) is 0 Å². The quantitative estimate of drug-likeness (QED) is 0.0262. The Morgan fingerprint density at radius 3 is 1.00 bits per heavy atom. The van der Waals surface area contributed by atoms with Crippen molar-refractivity contribution in [2.24, 2.45) is 0 Å². The maximum atomic E-state index is 12.8. The molecule has 0 unspecified atom stereocenters. The summed E-state index contributed by atoms with van der Waals surface area (Å²) in [6.07, 6.45) is 73.7. The van der Waals surface area contributed by atoms with Crippen LogP contribution in [-0.4, -0.2) is 37.2 Å². The van der Waals surface area contributed by atoms with Gasteiger partial charge in [-0.15, -0.1) is 0 Å². The summed E-state index contributed by atoms with van der Waals surface area (Å²) < 4.78 is 16.7. The number of unbranched alkanes of at least 4 members (excludes halogenated alkanes) is 19. The molecular weight excluding hydrogens is 829 g/mol. The van der Waals surface area contributed by atoms with Gasteiger partial charge in [-0.3, -0.25) is 14.4 Å². The van der Waals surface area contributed by atoms with E-state index in [4.69, 9.17) is 14.2 Å². The van der Waals surface area contributed by atoms with E-state index >= 15 is 0 Å². The van der Waals surface area contributed by atoms with Crippen molar-refractivity contribution in [3.05, 3.63) is 109 Å². The van der Waals surface area contributed by atoms with E-state index < -0.39 is 12.1 Å². The minimum absolute atomic E-state index is 0.121. The zero-order valence-corrected chi connectivity index (χ0v) is 43.4. The number of hydrogen-bond acceptors (Lipinski definition) is 6. The number of allylic oxidation sites excluding steroid dienone is 18. The summed E-state index contributed by atoms with van der Waals surface area (Å²) in [7, 11) is 0. The molecule has 0 aliphatic rings. The SMILES string of the molecule is CC/C=C\C/C=C\C/C=C\C/C=C\CCCCC(=O)OC[C@H](COC(=O)CCCCCCCCCCCCCCCCC)OC(=O)CC/C=C\C/C=C\C/C=C\C/C=C\C/C=C\CCCCC. The molecule has 0 aromatic heterocycles. The van der Waals surface area contributed by atoms with E-state index in [1.54, 1.807) is 0 Å². The van der Waals surface area contributed by atoms with Crippen LogP contribution in [0.2, 0.25) is 0 Å². The van der Waals surface area contributed by atoms with Gasteiger partial charge in [-0.1, -0.05) is 233 Å². The number of esters is 3. The third kappa shape index (κ3) is 52.9. The fourth-order valence-electron chi connectivity index (χ4n) is 7.18. The molecule has 67 heavy (non-hydrogen) atoms. The van der Waals surface area contributed by atoms with E-state index in [0.717, 1.165) is 83.5 Å². The Balaban J connectivity index is 4.57. The topological polar surface area (TPSA) is 78.9 Å². The Labute approximate surface area is 412 Å². The molecule has 0 aliphatic carbocycles. The van der Waals surface area contributed by atoms with Gasteiger partial charge in [0, 0.05) is 19.3 Å². The smallest absolute Gasteiger partial charge is 0.306 e. The van der Waals surface area contributed by atoms with Crippen LogP contribution in [0, 0.1) is 0 Å². The molecule has 0 amide bonds. The monoisotopic (exact) mass is 929 g/mol. The molecule has 0 aromatic rings. The van der Waals surface area contributed by atoms with E-state index in [-0.39, 0.29) is 38.0 Å². The van der Waals surface area contributed by atoms with Crippen molar-refractivity contribution in [1.82, 2.24) is 0 Å². The van der Waals surface area contributed by atoms with Gasteiger partial charge in [0.25, 0.3) is 0 Å². The molecule has 0 aliphatic heterocycles. The molecule has 0 saturated heterocycles. The van der Waals surface area contributed by atoms with Gasteiger partial charge in [-0.25, -0.2) is 0 Å². The first-order chi connectivity index (χ1) is 33.0. The summed E-state index contributed by atoms with van der Waals surface area (Å²) in [4.78, 5) is 38.0. The predicted octanol–water partition coefficient (Wildman–Crippen LogP) is 18.3. The van der Waals surface area contributed by atoms with Crippen molar-refractivity contribution < 1.29 is 28.6 Å². The first kappa shape index (κ1) is 63.1. The van der Waals surface area contributed by atoms with Crippen LogP contribution in [0.1, 0.15) is 239 Å². The molecule has 380 valence electrons. The molecule has 0 rings (SSSR count). The van der Waals surface area contributed by atoms with Gasteiger partial charge in [0.1, 0.15) is 13.2 Å². The summed E-state index contributed by atoms with van der Waals surface area (Å²) in [5, 5.41) is 0. The summed E-state index contributed by atoms with van der Waals surface area (Å²) in [5.41, 5.74) is 0. The molecule has 0 aromatic carbocycles. The van der Waals surface area contributed by atoms with Crippen molar-refractivity contribution in [2.45, 2.75) is 245 Å². The van der Waals surface area contributed by atoms with Crippen LogP contribution in [0.3, 0.4) is 0 Å². The largest absolute Gasteiger partial charge is 0.462 e. The van der Waals surface area contributed by atoms with Crippen molar-refractivity contribution in [3.8, 4) is 0 Å². The van der Waals surface area contributed by atoms with E-state index in [0.29, 0.717) is 19.3 Å². The second-order valence-electron chi connectivity index (χ2n) is 17.8. The van der Waals surface area contributed by atoms with Gasteiger partial charge < -0.3 is 14.2 Å². The standard InChI is InChI=1S/C61H100O6/c1-4-7-10-13-16-19-22-25-28-29-30-31-34-37-40-43-46-49-52-55-61(64)67-58(56-65-59(62)53-50-47-44-41-38-35-32-26-23-20-17-14-11-8-5-2)57-66-60(63)54-51-48-45-42-39-36-33-27-24-21-18-15-12-9-6-3/h8,11,16-17,19-20,25-26,28,30-32,37-38,40-41,46,49,58H,4-7,9-10,12-15,18,21-24,27,29,33-36,39,42-45,47-48,50-57H2,1-3H3/b11-8-,19-16-,20-17-,28-25-,31-30-,32-26-,40-37-,41-38-,49-46-/t58-/m1/s1. The maximum absolute atomic E-state index is 12.8. The zero-order valence-electron chi connectivity index (χ0n) is 43.4. The third-order valence-electron chi connectivity index (χ3n) is 11.3.